The maximum atomic E-state index is 13.8. The molecule has 1 unspecified atom stereocenters. The molecule has 11 nitrogen and oxygen atoms in total. The number of carbonyl (C=O) groups excluding carboxylic acids is 2. The van der Waals surface area contributed by atoms with Crippen molar-refractivity contribution in [1.29, 1.82) is 5.26 Å². The van der Waals surface area contributed by atoms with Crippen molar-refractivity contribution in [3.8, 4) is 11.8 Å². The Morgan fingerprint density at radius 2 is 1.87 bits per heavy atom. The predicted octanol–water partition coefficient (Wildman–Crippen LogP) is 4.49. The van der Waals surface area contributed by atoms with Gasteiger partial charge < -0.3 is 19.8 Å². The lowest BCUT2D eigenvalue weighted by Gasteiger charge is -2.24. The molecule has 1 aliphatic heterocycles. The maximum absolute atomic E-state index is 13.8. The number of amides is 2. The lowest BCUT2D eigenvalue weighted by Crippen LogP contribution is -2.46. The van der Waals surface area contributed by atoms with E-state index in [4.69, 9.17) is 33.2 Å². The first-order chi connectivity index (χ1) is 21.6. The Morgan fingerprint density at radius 3 is 2.62 bits per heavy atom. The van der Waals surface area contributed by atoms with Crippen LogP contribution < -0.4 is 15.4 Å². The molecular weight excluding hydrogens is 639 g/mol. The molecule has 1 aliphatic rings. The smallest absolute Gasteiger partial charge is 0.251 e. The molecule has 0 spiro atoms. The lowest BCUT2D eigenvalue weighted by molar-refractivity contribution is -0.124. The van der Waals surface area contributed by atoms with Crippen molar-refractivity contribution in [2.75, 3.05) is 19.6 Å². The number of aromatic nitrogens is 2. The second kappa shape index (κ2) is 13.9. The van der Waals surface area contributed by atoms with E-state index in [9.17, 15) is 18.0 Å². The van der Waals surface area contributed by atoms with E-state index < -0.39 is 22.0 Å². The molecule has 14 heteroatoms. The van der Waals surface area contributed by atoms with Gasteiger partial charge in [-0.1, -0.05) is 23.2 Å². The molecule has 45 heavy (non-hydrogen) atoms. The van der Waals surface area contributed by atoms with Crippen LogP contribution in [0.1, 0.15) is 46.4 Å². The molecule has 2 amide bonds. The molecule has 3 heterocycles. The number of halogens is 2. The Balaban J connectivity index is 1.20. The van der Waals surface area contributed by atoms with E-state index in [-0.39, 0.29) is 40.5 Å². The molecule has 1 atom stereocenters. The van der Waals surface area contributed by atoms with E-state index in [1.54, 1.807) is 36.4 Å². The highest BCUT2D eigenvalue weighted by molar-refractivity contribution is 7.89. The summed E-state index contributed by atoms with van der Waals surface area (Å²) in [6, 6.07) is 13.7. The average Bonchev–Trinajstić information content (AvgIpc) is 3.68. The Kier molecular flexibility index (Phi) is 9.94. The van der Waals surface area contributed by atoms with Crippen LogP contribution in [-0.2, 0) is 21.4 Å². The Hall–Kier alpha value is -4.15. The van der Waals surface area contributed by atoms with Crippen molar-refractivity contribution in [2.24, 2.45) is 0 Å². The third-order valence-electron chi connectivity index (χ3n) is 7.40. The van der Waals surface area contributed by atoms with Crippen LogP contribution in [0.2, 0.25) is 10.0 Å². The number of hydrogen-bond acceptors (Lipinski definition) is 7. The quantitative estimate of drug-likeness (QED) is 0.224. The summed E-state index contributed by atoms with van der Waals surface area (Å²) in [5, 5.41) is 14.6. The van der Waals surface area contributed by atoms with Crippen LogP contribution in [0.4, 0.5) is 0 Å². The number of rotatable bonds is 11. The lowest BCUT2D eigenvalue weighted by atomic mass is 10.1. The van der Waals surface area contributed by atoms with Crippen LogP contribution in [0.15, 0.2) is 65.8 Å². The van der Waals surface area contributed by atoms with E-state index in [0.717, 1.165) is 5.69 Å². The van der Waals surface area contributed by atoms with E-state index in [2.05, 4.69) is 15.6 Å². The maximum Gasteiger partial charge on any atom is 0.251 e. The molecule has 4 aromatic rings. The summed E-state index contributed by atoms with van der Waals surface area (Å²) in [5.41, 5.74) is 2.59. The van der Waals surface area contributed by atoms with Gasteiger partial charge in [-0.05, 0) is 74.7 Å². The van der Waals surface area contributed by atoms with Gasteiger partial charge >= 0.3 is 0 Å². The van der Waals surface area contributed by atoms with Crippen molar-refractivity contribution in [3.05, 3.63) is 93.4 Å². The van der Waals surface area contributed by atoms with Crippen LogP contribution in [0.3, 0.4) is 0 Å². The van der Waals surface area contributed by atoms with E-state index >= 15 is 0 Å². The van der Waals surface area contributed by atoms with Gasteiger partial charge in [-0.15, -0.1) is 0 Å². The number of fused-ring (bicyclic) bond motifs is 1. The summed E-state index contributed by atoms with van der Waals surface area (Å²) in [6.45, 7) is 2.46. The topological polar surface area (TPSA) is 146 Å². The van der Waals surface area contributed by atoms with Crippen LogP contribution in [-0.4, -0.2) is 59.6 Å². The van der Waals surface area contributed by atoms with Gasteiger partial charge in [0.05, 0.1) is 22.3 Å². The number of imidazole rings is 1. The molecule has 5 rings (SSSR count). The van der Waals surface area contributed by atoms with Crippen LogP contribution in [0, 0.1) is 18.3 Å². The van der Waals surface area contributed by atoms with Crippen molar-refractivity contribution < 1.29 is 22.7 Å². The highest BCUT2D eigenvalue weighted by Crippen LogP contribution is 2.36. The SMILES string of the molecule is Cc1cn2cccc(OCc3c(Cl)ccc(S(=O)(=O)N4CCCC4C(=O)NCCCNC(=O)c4ccc(C#N)cc4)c3Cl)c2n1. The zero-order valence-electron chi connectivity index (χ0n) is 24.3. The second-order valence-corrected chi connectivity index (χ2v) is 13.1. The first-order valence-corrected chi connectivity index (χ1v) is 16.4. The summed E-state index contributed by atoms with van der Waals surface area (Å²) in [6.07, 6.45) is 5.00. The molecule has 2 aromatic heterocycles. The van der Waals surface area contributed by atoms with E-state index in [0.29, 0.717) is 53.9 Å². The molecule has 1 saturated heterocycles. The number of sulfonamides is 1. The largest absolute Gasteiger partial charge is 0.485 e. The minimum atomic E-state index is -4.17. The predicted molar refractivity (Wildman–Crippen MR) is 169 cm³/mol. The highest BCUT2D eigenvalue weighted by atomic mass is 35.5. The zero-order chi connectivity index (χ0) is 32.1. The first kappa shape index (κ1) is 32.2. The van der Waals surface area contributed by atoms with Gasteiger partial charge in [0, 0.05) is 48.2 Å². The van der Waals surface area contributed by atoms with Gasteiger partial charge in [-0.3, -0.25) is 9.59 Å². The number of nitrogens with zero attached hydrogens (tertiary/aromatic N) is 4. The molecule has 2 N–H and O–H groups in total. The normalized spacial score (nSPS) is 15.1. The standard InChI is InChI=1S/C31H30Cl2N6O5S/c1-20-18-38-15-3-6-26(29(38)37-20)44-19-23-24(32)11-12-27(28(23)33)45(42,43)39-16-2-5-25(39)31(41)36-14-4-13-35-30(40)22-9-7-21(17-34)8-10-22/h3,6-12,15,18,25H,2,4-5,13-14,16,19H2,1H3,(H,35,40)(H,36,41). The van der Waals surface area contributed by atoms with Crippen molar-refractivity contribution in [3.63, 3.8) is 0 Å². The molecule has 0 saturated carbocycles. The number of hydrogen-bond donors (Lipinski definition) is 2. The van der Waals surface area contributed by atoms with Gasteiger partial charge in [-0.25, -0.2) is 13.4 Å². The summed E-state index contributed by atoms with van der Waals surface area (Å²) in [5.74, 6) is -0.237. The Labute approximate surface area is 270 Å². The molecular formula is C31H30Cl2N6O5S. The van der Waals surface area contributed by atoms with Gasteiger partial charge in [0.25, 0.3) is 5.91 Å². The Morgan fingerprint density at radius 1 is 1.11 bits per heavy atom. The van der Waals surface area contributed by atoms with Crippen molar-refractivity contribution in [2.45, 2.75) is 43.7 Å². The second-order valence-electron chi connectivity index (χ2n) is 10.5. The highest BCUT2D eigenvalue weighted by Gasteiger charge is 2.40. The number of nitrogens with one attached hydrogen (secondary N) is 2. The molecule has 2 aromatic carbocycles. The molecule has 234 valence electrons. The molecule has 0 radical (unpaired) electrons. The van der Waals surface area contributed by atoms with Crippen LogP contribution >= 0.6 is 23.2 Å². The molecule has 0 aliphatic carbocycles. The summed E-state index contributed by atoms with van der Waals surface area (Å²) >= 11 is 13.1. The van der Waals surface area contributed by atoms with Gasteiger partial charge in [-0.2, -0.15) is 9.57 Å². The number of carbonyl (C=O) groups is 2. The third kappa shape index (κ3) is 7.07. The fourth-order valence-corrected chi connectivity index (χ4v) is 7.63. The number of nitriles is 1. The molecule has 0 bridgehead atoms. The summed E-state index contributed by atoms with van der Waals surface area (Å²) in [4.78, 5) is 29.7. The van der Waals surface area contributed by atoms with E-state index in [1.165, 1.54) is 16.4 Å². The first-order valence-electron chi connectivity index (χ1n) is 14.2. The molecule has 1 fully saturated rings. The van der Waals surface area contributed by atoms with E-state index in [1.807, 2.05) is 29.8 Å². The summed E-state index contributed by atoms with van der Waals surface area (Å²) < 4.78 is 36.6. The third-order valence-corrected chi connectivity index (χ3v) is 10.2. The fraction of sp³-hybridized carbons (Fsp3) is 0.290. The zero-order valence-corrected chi connectivity index (χ0v) is 26.6. The number of benzene rings is 2. The number of pyridine rings is 1. The minimum absolute atomic E-state index is 0.0713. The number of aryl methyl sites for hydroxylation is 1. The van der Waals surface area contributed by atoms with Crippen LogP contribution in [0.5, 0.6) is 5.75 Å². The van der Waals surface area contributed by atoms with Crippen molar-refractivity contribution >= 4 is 50.7 Å². The minimum Gasteiger partial charge on any atom is -0.485 e. The average molecular weight is 670 g/mol. The van der Waals surface area contributed by atoms with Crippen LogP contribution in [0.25, 0.3) is 5.65 Å². The fourth-order valence-electron chi connectivity index (χ4n) is 5.11. The van der Waals surface area contributed by atoms with Gasteiger partial charge in [0.2, 0.25) is 15.9 Å². The number of ether oxygens (including phenoxy) is 1. The Bertz CT molecular complexity index is 1890. The van der Waals surface area contributed by atoms with Gasteiger partial charge in [0.1, 0.15) is 17.5 Å². The van der Waals surface area contributed by atoms with Gasteiger partial charge in [0.15, 0.2) is 11.4 Å². The van der Waals surface area contributed by atoms with Crippen molar-refractivity contribution in [1.82, 2.24) is 24.3 Å². The monoisotopic (exact) mass is 668 g/mol. The summed E-state index contributed by atoms with van der Waals surface area (Å²) in [7, 11) is -4.17.